The highest BCUT2D eigenvalue weighted by molar-refractivity contribution is 7.98. The van der Waals surface area contributed by atoms with E-state index in [0.717, 1.165) is 17.9 Å². The number of pyridine rings is 1. The summed E-state index contributed by atoms with van der Waals surface area (Å²) in [6.07, 6.45) is 10.1. The molecule has 3 rings (SSSR count). The van der Waals surface area contributed by atoms with Gasteiger partial charge in [0.25, 0.3) is 5.91 Å². The number of likely N-dealkylation sites (tertiary alicyclic amines) is 1. The predicted molar refractivity (Wildman–Crippen MR) is 105 cm³/mol. The first-order chi connectivity index (χ1) is 13.2. The Hall–Kier alpha value is -2.54. The molecule has 1 aliphatic heterocycles. The van der Waals surface area contributed by atoms with Gasteiger partial charge in [-0.1, -0.05) is 0 Å². The Morgan fingerprint density at radius 3 is 2.85 bits per heavy atom. The molecule has 142 valence electrons. The second-order valence-corrected chi connectivity index (χ2v) is 7.18. The van der Waals surface area contributed by atoms with Gasteiger partial charge >= 0.3 is 0 Å². The van der Waals surface area contributed by atoms with E-state index in [4.69, 9.17) is 4.42 Å². The smallest absolute Gasteiger partial charge is 0.256 e. The second kappa shape index (κ2) is 9.41. The van der Waals surface area contributed by atoms with Gasteiger partial charge < -0.3 is 14.6 Å². The lowest BCUT2D eigenvalue weighted by molar-refractivity contribution is -0.116. The molecule has 0 atom stereocenters. The maximum atomic E-state index is 12.7. The molecule has 0 saturated carbocycles. The third-order valence-corrected chi connectivity index (χ3v) is 5.32. The molecule has 2 aromatic rings. The molecule has 3 heterocycles. The average molecular weight is 385 g/mol. The van der Waals surface area contributed by atoms with Crippen LogP contribution >= 0.6 is 11.8 Å². The Bertz CT molecular complexity index is 797. The molecule has 0 bridgehead atoms. The molecule has 0 radical (unpaired) electrons. The van der Waals surface area contributed by atoms with E-state index in [9.17, 15) is 9.59 Å². The normalized spacial score (nSPS) is 15.2. The van der Waals surface area contributed by atoms with Gasteiger partial charge in [-0.3, -0.25) is 9.59 Å². The van der Waals surface area contributed by atoms with Crippen LogP contribution < -0.4 is 5.32 Å². The number of hydrogen-bond donors (Lipinski definition) is 1. The summed E-state index contributed by atoms with van der Waals surface area (Å²) in [7, 11) is 0. The van der Waals surface area contributed by atoms with Crippen molar-refractivity contribution in [1.82, 2.24) is 15.2 Å². The molecule has 0 unspecified atom stereocenters. The van der Waals surface area contributed by atoms with Crippen molar-refractivity contribution in [3.63, 3.8) is 0 Å². The minimum atomic E-state index is -0.134. The monoisotopic (exact) mass is 385 g/mol. The van der Waals surface area contributed by atoms with Crippen LogP contribution in [-0.2, 0) is 4.79 Å². The number of nitrogens with zero attached hydrogens (tertiary/aromatic N) is 2. The number of piperidine rings is 1. The Kier molecular flexibility index (Phi) is 6.70. The van der Waals surface area contributed by atoms with Crippen molar-refractivity contribution in [3.05, 3.63) is 54.1 Å². The Morgan fingerprint density at radius 1 is 1.33 bits per heavy atom. The first-order valence-electron chi connectivity index (χ1n) is 8.95. The van der Waals surface area contributed by atoms with Gasteiger partial charge in [0, 0.05) is 31.9 Å². The number of furan rings is 1. The molecule has 0 aliphatic carbocycles. The summed E-state index contributed by atoms with van der Waals surface area (Å²) in [5.41, 5.74) is 0.666. The van der Waals surface area contributed by atoms with E-state index >= 15 is 0 Å². The standard InChI is InChI=1S/C20H23N3O3S/c1-27-19-17(5-2-10-21-19)20(25)23-11-8-15(9-12-23)14-22-18(24)7-6-16-4-3-13-26-16/h2-7,10,13,15H,8-9,11-12,14H2,1H3,(H,22,24)/b7-6+. The lowest BCUT2D eigenvalue weighted by Crippen LogP contribution is -2.41. The number of carbonyl (C=O) groups excluding carboxylic acids is 2. The third kappa shape index (κ3) is 5.23. The molecule has 2 aromatic heterocycles. The van der Waals surface area contributed by atoms with Gasteiger partial charge in [0.1, 0.15) is 10.8 Å². The molecule has 1 aliphatic rings. The van der Waals surface area contributed by atoms with E-state index < -0.39 is 0 Å². The Labute approximate surface area is 163 Å². The Morgan fingerprint density at radius 2 is 2.15 bits per heavy atom. The summed E-state index contributed by atoms with van der Waals surface area (Å²) in [5, 5.41) is 3.69. The van der Waals surface area contributed by atoms with Crippen molar-refractivity contribution in [3.8, 4) is 0 Å². The van der Waals surface area contributed by atoms with Gasteiger partial charge in [-0.15, -0.1) is 11.8 Å². The highest BCUT2D eigenvalue weighted by atomic mass is 32.2. The van der Waals surface area contributed by atoms with Gasteiger partial charge in [0.15, 0.2) is 0 Å². The number of nitrogens with one attached hydrogen (secondary N) is 1. The molecule has 0 spiro atoms. The summed E-state index contributed by atoms with van der Waals surface area (Å²) in [6, 6.07) is 7.20. The average Bonchev–Trinajstić information content (AvgIpc) is 3.24. The Balaban J connectivity index is 1.45. The van der Waals surface area contributed by atoms with Crippen molar-refractivity contribution >= 4 is 29.7 Å². The second-order valence-electron chi connectivity index (χ2n) is 6.39. The number of thioether (sulfide) groups is 1. The van der Waals surface area contributed by atoms with E-state index in [-0.39, 0.29) is 11.8 Å². The lowest BCUT2D eigenvalue weighted by atomic mass is 9.96. The van der Waals surface area contributed by atoms with Gasteiger partial charge in [-0.25, -0.2) is 4.98 Å². The molecule has 1 saturated heterocycles. The lowest BCUT2D eigenvalue weighted by Gasteiger charge is -2.32. The minimum absolute atomic E-state index is 0.0383. The van der Waals surface area contributed by atoms with E-state index in [2.05, 4.69) is 10.3 Å². The fourth-order valence-electron chi connectivity index (χ4n) is 3.07. The molecule has 1 N–H and O–H groups in total. The van der Waals surface area contributed by atoms with Gasteiger partial charge in [0.2, 0.25) is 5.91 Å². The first-order valence-corrected chi connectivity index (χ1v) is 10.2. The van der Waals surface area contributed by atoms with Crippen molar-refractivity contribution in [2.24, 2.45) is 5.92 Å². The summed E-state index contributed by atoms with van der Waals surface area (Å²) >= 11 is 1.48. The maximum Gasteiger partial charge on any atom is 0.256 e. The largest absolute Gasteiger partial charge is 0.465 e. The first kappa shape index (κ1) is 19.2. The van der Waals surface area contributed by atoms with E-state index in [1.165, 1.54) is 17.8 Å². The zero-order chi connectivity index (χ0) is 19.1. The summed E-state index contributed by atoms with van der Waals surface area (Å²) in [4.78, 5) is 30.8. The van der Waals surface area contributed by atoms with E-state index in [0.29, 0.717) is 36.9 Å². The van der Waals surface area contributed by atoms with Crippen LogP contribution in [0.3, 0.4) is 0 Å². The topological polar surface area (TPSA) is 75.4 Å². The van der Waals surface area contributed by atoms with Crippen molar-refractivity contribution < 1.29 is 14.0 Å². The molecule has 1 fully saturated rings. The summed E-state index contributed by atoms with van der Waals surface area (Å²) in [6.45, 7) is 2.01. The molecule has 7 heteroatoms. The fourth-order valence-corrected chi connectivity index (χ4v) is 3.62. The van der Waals surface area contributed by atoms with Crippen LogP contribution in [0.1, 0.15) is 29.0 Å². The zero-order valence-electron chi connectivity index (χ0n) is 15.3. The van der Waals surface area contributed by atoms with Crippen LogP contribution in [0.4, 0.5) is 0 Å². The van der Waals surface area contributed by atoms with E-state index in [1.54, 1.807) is 36.7 Å². The highest BCUT2D eigenvalue weighted by Gasteiger charge is 2.25. The van der Waals surface area contributed by atoms with Crippen LogP contribution in [0.15, 0.2) is 52.2 Å². The van der Waals surface area contributed by atoms with Crippen LogP contribution in [0.2, 0.25) is 0 Å². The molecule has 2 amide bonds. The summed E-state index contributed by atoms with van der Waals surface area (Å²) in [5.74, 6) is 0.933. The number of rotatable bonds is 6. The molecule has 0 aromatic carbocycles. The van der Waals surface area contributed by atoms with Crippen LogP contribution in [0.25, 0.3) is 6.08 Å². The number of hydrogen-bond acceptors (Lipinski definition) is 5. The predicted octanol–water partition coefficient (Wildman–Crippen LogP) is 3.08. The highest BCUT2D eigenvalue weighted by Crippen LogP contribution is 2.22. The quantitative estimate of drug-likeness (QED) is 0.611. The van der Waals surface area contributed by atoms with Gasteiger partial charge in [0.05, 0.1) is 11.8 Å². The van der Waals surface area contributed by atoms with Crippen LogP contribution in [0.5, 0.6) is 0 Å². The number of aromatic nitrogens is 1. The van der Waals surface area contributed by atoms with Crippen molar-refractivity contribution in [2.75, 3.05) is 25.9 Å². The van der Waals surface area contributed by atoms with E-state index in [1.807, 2.05) is 17.2 Å². The molecule has 6 nitrogen and oxygen atoms in total. The van der Waals surface area contributed by atoms with Crippen LogP contribution in [-0.4, -0.2) is 47.6 Å². The molecular formula is C20H23N3O3S. The SMILES string of the molecule is CSc1ncccc1C(=O)N1CCC(CNC(=O)/C=C/c2ccco2)CC1. The van der Waals surface area contributed by atoms with Crippen molar-refractivity contribution in [1.29, 1.82) is 0 Å². The molecule has 27 heavy (non-hydrogen) atoms. The fraction of sp³-hybridized carbons (Fsp3) is 0.350. The van der Waals surface area contributed by atoms with Gasteiger partial charge in [-0.2, -0.15) is 0 Å². The zero-order valence-corrected chi connectivity index (χ0v) is 16.1. The molecular weight excluding hydrogens is 362 g/mol. The minimum Gasteiger partial charge on any atom is -0.465 e. The van der Waals surface area contributed by atoms with Crippen LogP contribution in [0, 0.1) is 5.92 Å². The van der Waals surface area contributed by atoms with Gasteiger partial charge in [-0.05, 0) is 55.4 Å². The number of amides is 2. The number of carbonyl (C=O) groups is 2. The maximum absolute atomic E-state index is 12.7. The third-order valence-electron chi connectivity index (χ3n) is 4.60. The summed E-state index contributed by atoms with van der Waals surface area (Å²) < 4.78 is 5.16. The van der Waals surface area contributed by atoms with Crippen molar-refractivity contribution in [2.45, 2.75) is 17.9 Å².